The van der Waals surface area contributed by atoms with Crippen molar-refractivity contribution < 1.29 is 14.3 Å². The van der Waals surface area contributed by atoms with Crippen molar-refractivity contribution in [3.63, 3.8) is 0 Å². The summed E-state index contributed by atoms with van der Waals surface area (Å²) in [6.07, 6.45) is 2.99. The monoisotopic (exact) mass is 405 g/mol. The van der Waals surface area contributed by atoms with Crippen LogP contribution in [-0.4, -0.2) is 36.5 Å². The first-order valence-corrected chi connectivity index (χ1v) is 10.4. The van der Waals surface area contributed by atoms with Gasteiger partial charge in [0.25, 0.3) is 0 Å². The predicted octanol–water partition coefficient (Wildman–Crippen LogP) is 3.59. The van der Waals surface area contributed by atoms with Crippen molar-refractivity contribution in [2.24, 2.45) is 5.92 Å². The van der Waals surface area contributed by atoms with E-state index < -0.39 is 0 Å². The van der Waals surface area contributed by atoms with Crippen molar-refractivity contribution in [2.75, 3.05) is 24.6 Å². The van der Waals surface area contributed by atoms with Crippen molar-refractivity contribution >= 4 is 28.4 Å². The van der Waals surface area contributed by atoms with Crippen molar-refractivity contribution in [3.05, 3.63) is 59.8 Å². The molecule has 0 aliphatic carbocycles. The van der Waals surface area contributed by atoms with E-state index in [1.807, 2.05) is 37.4 Å². The van der Waals surface area contributed by atoms with Gasteiger partial charge < -0.3 is 19.9 Å². The SMILES string of the molecule is CCOc1ccc(N2C[C@@H](C(=O)NCCc3c[nH]c4ccc(C)cc34)CC2=O)cc1. The van der Waals surface area contributed by atoms with E-state index in [9.17, 15) is 9.59 Å². The van der Waals surface area contributed by atoms with Crippen LogP contribution in [0.4, 0.5) is 5.69 Å². The van der Waals surface area contributed by atoms with Crippen molar-refractivity contribution in [1.29, 1.82) is 0 Å². The maximum absolute atomic E-state index is 12.6. The third-order valence-corrected chi connectivity index (χ3v) is 5.57. The minimum Gasteiger partial charge on any atom is -0.494 e. The Hall–Kier alpha value is -3.28. The molecule has 1 aliphatic rings. The van der Waals surface area contributed by atoms with Gasteiger partial charge in [0.05, 0.1) is 12.5 Å². The van der Waals surface area contributed by atoms with Gasteiger partial charge in [-0.15, -0.1) is 0 Å². The van der Waals surface area contributed by atoms with Crippen LogP contribution >= 0.6 is 0 Å². The molecule has 1 atom stereocenters. The first-order valence-electron chi connectivity index (χ1n) is 10.4. The number of aromatic amines is 1. The first kappa shape index (κ1) is 20.0. The zero-order valence-electron chi connectivity index (χ0n) is 17.4. The van der Waals surface area contributed by atoms with Crippen LogP contribution in [0.5, 0.6) is 5.75 Å². The molecule has 1 aromatic heterocycles. The number of benzene rings is 2. The van der Waals surface area contributed by atoms with Gasteiger partial charge in [0.1, 0.15) is 5.75 Å². The minimum atomic E-state index is -0.325. The van der Waals surface area contributed by atoms with Crippen LogP contribution in [0.15, 0.2) is 48.7 Å². The Kier molecular flexibility index (Phi) is 5.74. The summed E-state index contributed by atoms with van der Waals surface area (Å²) in [7, 11) is 0. The molecule has 30 heavy (non-hydrogen) atoms. The fourth-order valence-corrected chi connectivity index (χ4v) is 3.99. The zero-order chi connectivity index (χ0) is 21.1. The number of fused-ring (bicyclic) bond motifs is 1. The summed E-state index contributed by atoms with van der Waals surface area (Å²) in [5.41, 5.74) is 4.31. The van der Waals surface area contributed by atoms with Gasteiger partial charge in [-0.3, -0.25) is 9.59 Å². The van der Waals surface area contributed by atoms with E-state index in [1.54, 1.807) is 4.90 Å². The third kappa shape index (κ3) is 4.17. The summed E-state index contributed by atoms with van der Waals surface area (Å²) in [6.45, 7) is 5.56. The highest BCUT2D eigenvalue weighted by atomic mass is 16.5. The van der Waals surface area contributed by atoms with Crippen LogP contribution in [0, 0.1) is 12.8 Å². The number of carbonyl (C=O) groups excluding carboxylic acids is 2. The normalized spacial score (nSPS) is 16.3. The van der Waals surface area contributed by atoms with Crippen LogP contribution in [0.25, 0.3) is 10.9 Å². The Morgan fingerprint density at radius 2 is 2.03 bits per heavy atom. The van der Waals surface area contributed by atoms with Crippen LogP contribution in [0.3, 0.4) is 0 Å². The molecule has 0 bridgehead atoms. The number of amides is 2. The van der Waals surface area contributed by atoms with Gasteiger partial charge in [-0.25, -0.2) is 0 Å². The molecule has 2 heterocycles. The molecule has 1 aliphatic heterocycles. The fourth-order valence-electron chi connectivity index (χ4n) is 3.99. The van der Waals surface area contributed by atoms with E-state index in [1.165, 1.54) is 16.5 Å². The highest BCUT2D eigenvalue weighted by Gasteiger charge is 2.34. The van der Waals surface area contributed by atoms with Gasteiger partial charge in [-0.1, -0.05) is 11.6 Å². The molecule has 6 heteroatoms. The number of ether oxygens (including phenoxy) is 1. The lowest BCUT2D eigenvalue weighted by Crippen LogP contribution is -2.34. The summed E-state index contributed by atoms with van der Waals surface area (Å²) in [5.74, 6) is 0.364. The molecule has 3 aromatic rings. The Bertz CT molecular complexity index is 1060. The van der Waals surface area contributed by atoms with E-state index in [-0.39, 0.29) is 24.2 Å². The molecule has 0 saturated carbocycles. The molecule has 1 saturated heterocycles. The first-order chi connectivity index (χ1) is 14.5. The molecule has 1 fully saturated rings. The number of rotatable bonds is 7. The highest BCUT2D eigenvalue weighted by molar-refractivity contribution is 6.00. The van der Waals surface area contributed by atoms with E-state index in [4.69, 9.17) is 4.74 Å². The lowest BCUT2D eigenvalue weighted by Gasteiger charge is -2.17. The number of hydrogen-bond donors (Lipinski definition) is 2. The number of H-pyrrole nitrogens is 1. The van der Waals surface area contributed by atoms with Crippen molar-refractivity contribution in [1.82, 2.24) is 10.3 Å². The van der Waals surface area contributed by atoms with Crippen LogP contribution in [-0.2, 0) is 16.0 Å². The molecular formula is C24H27N3O3. The molecule has 6 nitrogen and oxygen atoms in total. The number of aryl methyl sites for hydroxylation is 1. The molecule has 2 aromatic carbocycles. The maximum atomic E-state index is 12.6. The predicted molar refractivity (Wildman–Crippen MR) is 118 cm³/mol. The molecule has 2 N–H and O–H groups in total. The largest absolute Gasteiger partial charge is 0.494 e. The van der Waals surface area contributed by atoms with Gasteiger partial charge in [0, 0.05) is 42.3 Å². The quantitative estimate of drug-likeness (QED) is 0.631. The maximum Gasteiger partial charge on any atom is 0.227 e. The van der Waals surface area contributed by atoms with Crippen molar-refractivity contribution in [3.8, 4) is 5.75 Å². The molecule has 2 amide bonds. The minimum absolute atomic E-state index is 0.0218. The second kappa shape index (κ2) is 8.61. The molecule has 4 rings (SSSR count). The van der Waals surface area contributed by atoms with Gasteiger partial charge in [0.2, 0.25) is 11.8 Å². The van der Waals surface area contributed by atoms with Crippen LogP contribution in [0.2, 0.25) is 0 Å². The lowest BCUT2D eigenvalue weighted by atomic mass is 10.1. The standard InChI is InChI=1S/C24H27N3O3/c1-3-30-20-7-5-19(6-8-20)27-15-18(13-23(27)28)24(29)25-11-10-17-14-26-22-9-4-16(2)12-21(17)22/h4-9,12,14,18,26H,3,10-11,13,15H2,1-2H3,(H,25,29)/t18-/m0/s1. The lowest BCUT2D eigenvalue weighted by molar-refractivity contribution is -0.126. The molecule has 0 spiro atoms. The van der Waals surface area contributed by atoms with E-state index >= 15 is 0 Å². The number of anilines is 1. The fraction of sp³-hybridized carbons (Fsp3) is 0.333. The number of hydrogen-bond acceptors (Lipinski definition) is 3. The average molecular weight is 405 g/mol. The summed E-state index contributed by atoms with van der Waals surface area (Å²) >= 11 is 0. The third-order valence-electron chi connectivity index (χ3n) is 5.57. The van der Waals surface area contributed by atoms with Gasteiger partial charge in [-0.05, 0) is 62.2 Å². The summed E-state index contributed by atoms with van der Waals surface area (Å²) in [5, 5.41) is 4.21. The van der Waals surface area contributed by atoms with Crippen LogP contribution < -0.4 is 15.0 Å². The smallest absolute Gasteiger partial charge is 0.227 e. The Morgan fingerprint density at radius 1 is 1.23 bits per heavy atom. The Balaban J connectivity index is 1.32. The molecule has 156 valence electrons. The highest BCUT2D eigenvalue weighted by Crippen LogP contribution is 2.27. The van der Waals surface area contributed by atoms with Gasteiger partial charge in [0.15, 0.2) is 0 Å². The number of aromatic nitrogens is 1. The number of nitrogens with one attached hydrogen (secondary N) is 2. The topological polar surface area (TPSA) is 74.4 Å². The van der Waals surface area contributed by atoms with E-state index in [0.717, 1.165) is 23.4 Å². The van der Waals surface area contributed by atoms with Gasteiger partial charge >= 0.3 is 0 Å². The van der Waals surface area contributed by atoms with Gasteiger partial charge in [-0.2, -0.15) is 0 Å². The summed E-state index contributed by atoms with van der Waals surface area (Å²) in [4.78, 5) is 30.0. The van der Waals surface area contributed by atoms with Crippen LogP contribution in [0.1, 0.15) is 24.5 Å². The summed E-state index contributed by atoms with van der Waals surface area (Å²) < 4.78 is 5.45. The van der Waals surface area contributed by atoms with Crippen molar-refractivity contribution in [2.45, 2.75) is 26.7 Å². The number of nitrogens with zero attached hydrogens (tertiary/aromatic N) is 1. The second-order valence-corrected chi connectivity index (χ2v) is 7.74. The molecule has 0 radical (unpaired) electrons. The molecular weight excluding hydrogens is 378 g/mol. The second-order valence-electron chi connectivity index (χ2n) is 7.74. The zero-order valence-corrected chi connectivity index (χ0v) is 17.4. The summed E-state index contributed by atoms with van der Waals surface area (Å²) in [6, 6.07) is 13.7. The Morgan fingerprint density at radius 3 is 2.80 bits per heavy atom. The average Bonchev–Trinajstić information content (AvgIpc) is 3.32. The Labute approximate surface area is 176 Å². The molecule has 0 unspecified atom stereocenters. The number of carbonyl (C=O) groups is 2. The van der Waals surface area contributed by atoms with E-state index in [0.29, 0.717) is 19.7 Å². The van der Waals surface area contributed by atoms with E-state index in [2.05, 4.69) is 35.4 Å².